The van der Waals surface area contributed by atoms with Crippen LogP contribution < -0.4 is 0 Å². The molecule has 0 saturated carbocycles. The molecule has 1 rings (SSSR count). The van der Waals surface area contributed by atoms with E-state index in [1.54, 1.807) is 6.92 Å². The second kappa shape index (κ2) is 2.09. The summed E-state index contributed by atoms with van der Waals surface area (Å²) in [7, 11) is 0. The lowest BCUT2D eigenvalue weighted by Crippen LogP contribution is -2.43. The monoisotopic (exact) mass is 141 g/mol. The minimum Gasteiger partial charge on any atom is -0.367 e. The third-order valence-electron chi connectivity index (χ3n) is 1.67. The van der Waals surface area contributed by atoms with Crippen LogP contribution in [0.2, 0.25) is 0 Å². The largest absolute Gasteiger partial charge is 0.367 e. The standard InChI is InChI=1S/C7H11NO2/c1-3-8-6(9)4-5-7(8,2)10/h4-5,10H,3H2,1-2H3. The fraction of sp³-hybridized carbons (Fsp3) is 0.571. The molecule has 56 valence electrons. The first-order valence-corrected chi connectivity index (χ1v) is 3.31. The summed E-state index contributed by atoms with van der Waals surface area (Å²) in [5.74, 6) is -0.118. The number of rotatable bonds is 1. The predicted molar refractivity (Wildman–Crippen MR) is 37.2 cm³/mol. The zero-order valence-electron chi connectivity index (χ0n) is 6.16. The van der Waals surface area contributed by atoms with Crippen molar-refractivity contribution in [1.82, 2.24) is 4.90 Å². The molecule has 0 aromatic heterocycles. The van der Waals surface area contributed by atoms with Gasteiger partial charge in [-0.05, 0) is 19.9 Å². The van der Waals surface area contributed by atoms with Crippen LogP contribution in [0.5, 0.6) is 0 Å². The van der Waals surface area contributed by atoms with Crippen molar-refractivity contribution < 1.29 is 9.90 Å². The normalized spacial score (nSPS) is 31.9. The van der Waals surface area contributed by atoms with Crippen LogP contribution in [-0.2, 0) is 4.79 Å². The van der Waals surface area contributed by atoms with Gasteiger partial charge < -0.3 is 10.0 Å². The third-order valence-corrected chi connectivity index (χ3v) is 1.67. The number of hydrogen-bond donors (Lipinski definition) is 1. The second-order valence-electron chi connectivity index (χ2n) is 2.51. The maximum atomic E-state index is 10.9. The Kier molecular flexibility index (Phi) is 1.52. The van der Waals surface area contributed by atoms with Gasteiger partial charge in [0.25, 0.3) is 0 Å². The summed E-state index contributed by atoms with van der Waals surface area (Å²) in [4.78, 5) is 12.3. The molecular formula is C7H11NO2. The maximum absolute atomic E-state index is 10.9. The van der Waals surface area contributed by atoms with Crippen LogP contribution in [0, 0.1) is 0 Å². The molecule has 1 aliphatic rings. The van der Waals surface area contributed by atoms with Crippen molar-refractivity contribution in [1.29, 1.82) is 0 Å². The number of nitrogens with zero attached hydrogens (tertiary/aromatic N) is 1. The van der Waals surface area contributed by atoms with Crippen molar-refractivity contribution in [2.24, 2.45) is 0 Å². The molecule has 0 aromatic rings. The highest BCUT2D eigenvalue weighted by Crippen LogP contribution is 2.19. The van der Waals surface area contributed by atoms with Gasteiger partial charge in [0.2, 0.25) is 5.91 Å². The van der Waals surface area contributed by atoms with Crippen molar-refractivity contribution in [3.63, 3.8) is 0 Å². The molecule has 1 atom stereocenters. The van der Waals surface area contributed by atoms with Crippen LogP contribution in [-0.4, -0.2) is 28.2 Å². The van der Waals surface area contributed by atoms with Crippen molar-refractivity contribution in [3.05, 3.63) is 12.2 Å². The Balaban J connectivity index is 2.82. The van der Waals surface area contributed by atoms with Crippen molar-refractivity contribution in [3.8, 4) is 0 Å². The molecule has 0 spiro atoms. The van der Waals surface area contributed by atoms with E-state index in [1.807, 2.05) is 6.92 Å². The molecule has 3 nitrogen and oxygen atoms in total. The predicted octanol–water partition coefficient (Wildman–Crippen LogP) is 0.113. The van der Waals surface area contributed by atoms with Crippen molar-refractivity contribution in [2.45, 2.75) is 19.6 Å². The number of hydrogen-bond acceptors (Lipinski definition) is 2. The molecule has 0 fully saturated rings. The SMILES string of the molecule is CCN1C(=O)C=CC1(C)O. The van der Waals surface area contributed by atoms with Gasteiger partial charge in [0.15, 0.2) is 5.72 Å². The highest BCUT2D eigenvalue weighted by Gasteiger charge is 2.32. The molecule has 0 aliphatic carbocycles. The molecule has 1 amide bonds. The fourth-order valence-electron chi connectivity index (χ4n) is 1.11. The molecule has 1 heterocycles. The summed E-state index contributed by atoms with van der Waals surface area (Å²) in [5.41, 5.74) is -1.06. The van der Waals surface area contributed by atoms with Gasteiger partial charge in [-0.15, -0.1) is 0 Å². The van der Waals surface area contributed by atoms with Crippen LogP contribution >= 0.6 is 0 Å². The molecule has 0 bridgehead atoms. The van der Waals surface area contributed by atoms with E-state index in [0.29, 0.717) is 6.54 Å². The Bertz CT molecular complexity index is 184. The lowest BCUT2D eigenvalue weighted by molar-refractivity contribution is -0.138. The van der Waals surface area contributed by atoms with E-state index in [1.165, 1.54) is 17.1 Å². The first-order chi connectivity index (χ1) is 4.58. The van der Waals surface area contributed by atoms with E-state index >= 15 is 0 Å². The number of carbonyl (C=O) groups excluding carboxylic acids is 1. The van der Waals surface area contributed by atoms with E-state index in [2.05, 4.69) is 0 Å². The molecule has 1 unspecified atom stereocenters. The summed E-state index contributed by atoms with van der Waals surface area (Å²) in [5, 5.41) is 9.44. The van der Waals surface area contributed by atoms with E-state index in [9.17, 15) is 9.90 Å². The number of aliphatic hydroxyl groups is 1. The molecule has 1 aliphatic heterocycles. The lowest BCUT2D eigenvalue weighted by Gasteiger charge is -2.28. The third kappa shape index (κ3) is 0.926. The summed E-state index contributed by atoms with van der Waals surface area (Å²) >= 11 is 0. The van der Waals surface area contributed by atoms with Crippen LogP contribution in [0.25, 0.3) is 0 Å². The van der Waals surface area contributed by atoms with Crippen molar-refractivity contribution >= 4 is 5.91 Å². The van der Waals surface area contributed by atoms with Gasteiger partial charge in [-0.2, -0.15) is 0 Å². The van der Waals surface area contributed by atoms with Crippen LogP contribution in [0.15, 0.2) is 12.2 Å². The minimum absolute atomic E-state index is 0.118. The maximum Gasteiger partial charge on any atom is 0.248 e. The summed E-state index contributed by atoms with van der Waals surface area (Å²) in [6.45, 7) is 3.97. The van der Waals surface area contributed by atoms with E-state index < -0.39 is 5.72 Å². The summed E-state index contributed by atoms with van der Waals surface area (Å²) < 4.78 is 0. The van der Waals surface area contributed by atoms with Gasteiger partial charge in [0.1, 0.15) is 0 Å². The highest BCUT2D eigenvalue weighted by atomic mass is 16.3. The van der Waals surface area contributed by atoms with E-state index in [4.69, 9.17) is 0 Å². The average molecular weight is 141 g/mol. The minimum atomic E-state index is -1.06. The van der Waals surface area contributed by atoms with Gasteiger partial charge in [0.05, 0.1) is 0 Å². The molecule has 3 heteroatoms. The van der Waals surface area contributed by atoms with Crippen LogP contribution in [0.1, 0.15) is 13.8 Å². The zero-order valence-corrected chi connectivity index (χ0v) is 6.16. The highest BCUT2D eigenvalue weighted by molar-refractivity contribution is 5.91. The summed E-state index contributed by atoms with van der Waals surface area (Å²) in [6, 6.07) is 0. The Morgan fingerprint density at radius 2 is 2.40 bits per heavy atom. The second-order valence-corrected chi connectivity index (χ2v) is 2.51. The topological polar surface area (TPSA) is 40.5 Å². The number of likely N-dealkylation sites (N-methyl/N-ethyl adjacent to an activating group) is 1. The fourth-order valence-corrected chi connectivity index (χ4v) is 1.11. The molecule has 10 heavy (non-hydrogen) atoms. The zero-order chi connectivity index (χ0) is 7.78. The smallest absolute Gasteiger partial charge is 0.248 e. The van der Waals surface area contributed by atoms with Gasteiger partial charge in [-0.1, -0.05) is 0 Å². The molecule has 1 N–H and O–H groups in total. The Morgan fingerprint density at radius 1 is 1.80 bits per heavy atom. The molecule has 0 aromatic carbocycles. The molecule has 0 saturated heterocycles. The van der Waals surface area contributed by atoms with Gasteiger partial charge in [-0.25, -0.2) is 0 Å². The van der Waals surface area contributed by atoms with E-state index in [-0.39, 0.29) is 5.91 Å². The first-order valence-electron chi connectivity index (χ1n) is 3.31. The van der Waals surface area contributed by atoms with Crippen molar-refractivity contribution in [2.75, 3.05) is 6.54 Å². The van der Waals surface area contributed by atoms with E-state index in [0.717, 1.165) is 0 Å². The molecule has 0 radical (unpaired) electrons. The quantitative estimate of drug-likeness (QED) is 0.563. The Morgan fingerprint density at radius 3 is 2.60 bits per heavy atom. The Labute approximate surface area is 59.9 Å². The van der Waals surface area contributed by atoms with Gasteiger partial charge in [0, 0.05) is 12.6 Å². The average Bonchev–Trinajstić information content (AvgIpc) is 2.07. The Hall–Kier alpha value is -0.830. The van der Waals surface area contributed by atoms with Crippen LogP contribution in [0.3, 0.4) is 0 Å². The molecular weight excluding hydrogens is 130 g/mol. The number of amides is 1. The lowest BCUT2D eigenvalue weighted by atomic mass is 10.2. The van der Waals surface area contributed by atoms with Gasteiger partial charge >= 0.3 is 0 Å². The van der Waals surface area contributed by atoms with Gasteiger partial charge in [-0.3, -0.25) is 4.79 Å². The summed E-state index contributed by atoms with van der Waals surface area (Å²) in [6.07, 6.45) is 2.89. The first kappa shape index (κ1) is 7.28. The number of carbonyl (C=O) groups is 1. The van der Waals surface area contributed by atoms with Crippen LogP contribution in [0.4, 0.5) is 0 Å².